The molecule has 0 amide bonds. The van der Waals surface area contributed by atoms with Gasteiger partial charge in [-0.3, -0.25) is 0 Å². The molecule has 1 aromatic heterocycles. The van der Waals surface area contributed by atoms with Crippen molar-refractivity contribution in [3.63, 3.8) is 0 Å². The average Bonchev–Trinajstić information content (AvgIpc) is 2.86. The van der Waals surface area contributed by atoms with Gasteiger partial charge < -0.3 is 14.9 Å². The minimum atomic E-state index is 0.587. The first-order valence-electron chi connectivity index (χ1n) is 6.02. The van der Waals surface area contributed by atoms with Crippen molar-refractivity contribution in [3.8, 4) is 5.75 Å². The van der Waals surface area contributed by atoms with Crippen LogP contribution in [-0.2, 0) is 0 Å². The zero-order valence-electron chi connectivity index (χ0n) is 11.1. The molecule has 19 heavy (non-hydrogen) atoms. The molecule has 3 nitrogen and oxygen atoms in total. The molecule has 2 aromatic rings. The summed E-state index contributed by atoms with van der Waals surface area (Å²) in [5.41, 5.74) is 8.15. The van der Waals surface area contributed by atoms with Crippen LogP contribution in [0.15, 0.2) is 59.2 Å². The van der Waals surface area contributed by atoms with E-state index in [0.717, 1.165) is 28.1 Å². The van der Waals surface area contributed by atoms with Crippen molar-refractivity contribution < 1.29 is 9.15 Å². The first kappa shape index (κ1) is 13.0. The number of allylic oxidation sites excluding steroid dienone is 4. The third kappa shape index (κ3) is 2.55. The number of benzene rings is 1. The molecule has 0 bridgehead atoms. The first-order valence-corrected chi connectivity index (χ1v) is 6.02. The van der Waals surface area contributed by atoms with Gasteiger partial charge in [0.1, 0.15) is 17.1 Å². The molecule has 1 heterocycles. The molecule has 0 saturated carbocycles. The number of rotatable bonds is 4. The molecule has 2 N–H and O–H groups in total. The van der Waals surface area contributed by atoms with Crippen molar-refractivity contribution in [3.05, 3.63) is 60.5 Å². The summed E-state index contributed by atoms with van der Waals surface area (Å²) >= 11 is 0. The SMILES string of the molecule is C=C/C(N)=C(\C=C/C)c1cc2cc(OC)ccc2o1. The molecule has 0 saturated heterocycles. The number of fused-ring (bicyclic) bond motifs is 1. The lowest BCUT2D eigenvalue weighted by Gasteiger charge is -2.00. The lowest BCUT2D eigenvalue weighted by Crippen LogP contribution is -1.96. The normalized spacial score (nSPS) is 12.7. The zero-order chi connectivity index (χ0) is 13.8. The molecule has 0 radical (unpaired) electrons. The van der Waals surface area contributed by atoms with Crippen molar-refractivity contribution >= 4 is 16.5 Å². The van der Waals surface area contributed by atoms with Gasteiger partial charge in [0.15, 0.2) is 0 Å². The second-order valence-corrected chi connectivity index (χ2v) is 4.09. The molecule has 0 aliphatic rings. The van der Waals surface area contributed by atoms with Crippen molar-refractivity contribution in [2.45, 2.75) is 6.92 Å². The highest BCUT2D eigenvalue weighted by Crippen LogP contribution is 2.29. The summed E-state index contributed by atoms with van der Waals surface area (Å²) in [6, 6.07) is 7.63. The van der Waals surface area contributed by atoms with Crippen molar-refractivity contribution in [2.24, 2.45) is 5.73 Å². The maximum absolute atomic E-state index is 5.94. The van der Waals surface area contributed by atoms with E-state index < -0.39 is 0 Å². The summed E-state index contributed by atoms with van der Waals surface area (Å²) < 4.78 is 11.0. The van der Waals surface area contributed by atoms with Gasteiger partial charge in [0.2, 0.25) is 0 Å². The lowest BCUT2D eigenvalue weighted by atomic mass is 10.1. The third-order valence-corrected chi connectivity index (χ3v) is 2.85. The van der Waals surface area contributed by atoms with E-state index in [-0.39, 0.29) is 0 Å². The molecule has 2 rings (SSSR count). The second kappa shape index (κ2) is 5.48. The van der Waals surface area contributed by atoms with Gasteiger partial charge in [-0.05, 0) is 37.3 Å². The van der Waals surface area contributed by atoms with Gasteiger partial charge in [-0.1, -0.05) is 18.7 Å². The van der Waals surface area contributed by atoms with Gasteiger partial charge in [0.25, 0.3) is 0 Å². The molecule has 0 aliphatic heterocycles. The second-order valence-electron chi connectivity index (χ2n) is 4.09. The highest BCUT2D eigenvalue weighted by Gasteiger charge is 2.09. The fraction of sp³-hybridized carbons (Fsp3) is 0.125. The Kier molecular flexibility index (Phi) is 3.76. The predicted octanol–water partition coefficient (Wildman–Crippen LogP) is 3.87. The van der Waals surface area contributed by atoms with Gasteiger partial charge in [0, 0.05) is 16.7 Å². The molecule has 0 aliphatic carbocycles. The molecule has 98 valence electrons. The topological polar surface area (TPSA) is 48.4 Å². The van der Waals surface area contributed by atoms with Crippen molar-refractivity contribution in [2.75, 3.05) is 7.11 Å². The highest BCUT2D eigenvalue weighted by molar-refractivity contribution is 5.86. The van der Waals surface area contributed by atoms with E-state index in [1.807, 2.05) is 43.3 Å². The van der Waals surface area contributed by atoms with E-state index in [1.165, 1.54) is 0 Å². The summed E-state index contributed by atoms with van der Waals surface area (Å²) in [6.45, 7) is 5.62. The number of nitrogens with two attached hydrogens (primary N) is 1. The maximum atomic E-state index is 5.94. The molecular formula is C16H17NO2. The molecule has 0 spiro atoms. The lowest BCUT2D eigenvalue weighted by molar-refractivity contribution is 0.415. The molecule has 0 atom stereocenters. The van der Waals surface area contributed by atoms with Crippen molar-refractivity contribution in [1.29, 1.82) is 0 Å². The molecule has 1 aromatic carbocycles. The van der Waals surface area contributed by atoms with Crippen LogP contribution in [0.3, 0.4) is 0 Å². The van der Waals surface area contributed by atoms with Gasteiger partial charge in [0.05, 0.1) is 7.11 Å². The molecular weight excluding hydrogens is 238 g/mol. The van der Waals surface area contributed by atoms with E-state index in [2.05, 4.69) is 6.58 Å². The summed E-state index contributed by atoms with van der Waals surface area (Å²) in [5, 5.41) is 0.980. The van der Waals surface area contributed by atoms with E-state index in [0.29, 0.717) is 5.70 Å². The fourth-order valence-electron chi connectivity index (χ4n) is 1.88. The Morgan fingerprint density at radius 2 is 2.16 bits per heavy atom. The molecule has 0 fully saturated rings. The Morgan fingerprint density at radius 3 is 2.79 bits per heavy atom. The van der Waals surface area contributed by atoms with Crippen LogP contribution in [0.1, 0.15) is 12.7 Å². The van der Waals surface area contributed by atoms with Gasteiger partial charge in [-0.15, -0.1) is 0 Å². The Bertz CT molecular complexity index is 662. The van der Waals surface area contributed by atoms with Crippen LogP contribution in [0.2, 0.25) is 0 Å². The number of hydrogen-bond acceptors (Lipinski definition) is 3. The summed E-state index contributed by atoms with van der Waals surface area (Å²) in [4.78, 5) is 0. The first-order chi connectivity index (χ1) is 9.19. The van der Waals surface area contributed by atoms with Crippen LogP contribution in [0.4, 0.5) is 0 Å². The fourth-order valence-corrected chi connectivity index (χ4v) is 1.88. The van der Waals surface area contributed by atoms with Gasteiger partial charge in [-0.25, -0.2) is 0 Å². The van der Waals surface area contributed by atoms with Crippen LogP contribution < -0.4 is 10.5 Å². The monoisotopic (exact) mass is 255 g/mol. The zero-order valence-corrected chi connectivity index (χ0v) is 11.1. The Hall–Kier alpha value is -2.42. The van der Waals surface area contributed by atoms with Crippen molar-refractivity contribution in [1.82, 2.24) is 0 Å². The standard InChI is InChI=1S/C16H17NO2/c1-4-6-13(14(17)5-2)16-10-11-9-12(18-3)7-8-15(11)19-16/h4-10H,2,17H2,1,3H3/b6-4-,14-13-. The summed E-state index contributed by atoms with van der Waals surface area (Å²) in [5.74, 6) is 1.52. The minimum absolute atomic E-state index is 0.587. The van der Waals surface area contributed by atoms with Crippen LogP contribution in [0.5, 0.6) is 5.75 Å². The summed E-state index contributed by atoms with van der Waals surface area (Å²) in [7, 11) is 1.64. The van der Waals surface area contributed by atoms with Crippen LogP contribution in [0.25, 0.3) is 16.5 Å². The molecule has 0 unspecified atom stereocenters. The number of ether oxygens (including phenoxy) is 1. The highest BCUT2D eigenvalue weighted by atomic mass is 16.5. The summed E-state index contributed by atoms with van der Waals surface area (Å²) in [6.07, 6.45) is 5.44. The van der Waals surface area contributed by atoms with E-state index in [9.17, 15) is 0 Å². The molecule has 3 heteroatoms. The van der Waals surface area contributed by atoms with Gasteiger partial charge in [-0.2, -0.15) is 0 Å². The van der Waals surface area contributed by atoms with E-state index in [1.54, 1.807) is 13.2 Å². The minimum Gasteiger partial charge on any atom is -0.497 e. The van der Waals surface area contributed by atoms with Crippen LogP contribution in [0, 0.1) is 0 Å². The van der Waals surface area contributed by atoms with E-state index >= 15 is 0 Å². The predicted molar refractivity (Wildman–Crippen MR) is 78.9 cm³/mol. The van der Waals surface area contributed by atoms with Crippen LogP contribution in [-0.4, -0.2) is 7.11 Å². The third-order valence-electron chi connectivity index (χ3n) is 2.85. The number of methoxy groups -OCH3 is 1. The van der Waals surface area contributed by atoms with Crippen LogP contribution >= 0.6 is 0 Å². The Balaban J connectivity index is 2.59. The average molecular weight is 255 g/mol. The number of furan rings is 1. The van der Waals surface area contributed by atoms with E-state index in [4.69, 9.17) is 14.9 Å². The Labute approximate surface area is 112 Å². The number of hydrogen-bond donors (Lipinski definition) is 1. The maximum Gasteiger partial charge on any atom is 0.137 e. The van der Waals surface area contributed by atoms with Gasteiger partial charge >= 0.3 is 0 Å². The largest absolute Gasteiger partial charge is 0.497 e. The Morgan fingerprint density at radius 1 is 1.37 bits per heavy atom. The smallest absolute Gasteiger partial charge is 0.137 e. The quantitative estimate of drug-likeness (QED) is 0.843.